The number of rotatable bonds is 6. The van der Waals surface area contributed by atoms with Crippen LogP contribution in [0.15, 0.2) is 10.8 Å². The minimum atomic E-state index is -1.00. The number of aryl methyl sites for hydroxylation is 1. The molecule has 0 saturated carbocycles. The average Bonchev–Trinajstić information content (AvgIpc) is 2.77. The van der Waals surface area contributed by atoms with E-state index in [9.17, 15) is 9.59 Å². The van der Waals surface area contributed by atoms with E-state index in [0.717, 1.165) is 11.1 Å². The number of aliphatic carboxylic acids is 1. The molecule has 2 atom stereocenters. The summed E-state index contributed by atoms with van der Waals surface area (Å²) in [6, 6.07) is -1.30. The molecule has 3 N–H and O–H groups in total. The lowest BCUT2D eigenvalue weighted by atomic mass is 9.99. The summed E-state index contributed by atoms with van der Waals surface area (Å²) in [5.41, 5.74) is 2.18. The van der Waals surface area contributed by atoms with Crippen LogP contribution in [0.3, 0.4) is 0 Å². The van der Waals surface area contributed by atoms with Crippen molar-refractivity contribution in [2.45, 2.75) is 39.8 Å². The minimum Gasteiger partial charge on any atom is -0.480 e. The van der Waals surface area contributed by atoms with Crippen LogP contribution in [0, 0.1) is 12.8 Å². The first-order chi connectivity index (χ1) is 8.95. The lowest BCUT2D eigenvalue weighted by Crippen LogP contribution is -2.48. The predicted octanol–water partition coefficient (Wildman–Crippen LogP) is 2.36. The Balaban J connectivity index is 2.49. The van der Waals surface area contributed by atoms with Gasteiger partial charge < -0.3 is 15.7 Å². The molecule has 1 aromatic heterocycles. The van der Waals surface area contributed by atoms with Crippen molar-refractivity contribution in [1.82, 2.24) is 10.6 Å². The number of urea groups is 1. The Labute approximate surface area is 117 Å². The maximum Gasteiger partial charge on any atom is 0.326 e. The lowest BCUT2D eigenvalue weighted by Gasteiger charge is -2.20. The number of hydrogen-bond acceptors (Lipinski definition) is 3. The molecule has 0 aliphatic heterocycles. The van der Waals surface area contributed by atoms with Gasteiger partial charge >= 0.3 is 12.0 Å². The summed E-state index contributed by atoms with van der Waals surface area (Å²) in [4.78, 5) is 22.8. The fourth-order valence-electron chi connectivity index (χ4n) is 1.62. The van der Waals surface area contributed by atoms with Crippen LogP contribution in [0.1, 0.15) is 31.4 Å². The summed E-state index contributed by atoms with van der Waals surface area (Å²) >= 11 is 1.58. The second-order valence-corrected chi connectivity index (χ2v) is 5.35. The maximum absolute atomic E-state index is 11.7. The predicted molar refractivity (Wildman–Crippen MR) is 75.3 cm³/mol. The van der Waals surface area contributed by atoms with Gasteiger partial charge in [0.25, 0.3) is 0 Å². The van der Waals surface area contributed by atoms with Crippen LogP contribution in [-0.4, -0.2) is 23.1 Å². The molecule has 0 saturated heterocycles. The molecule has 0 bridgehead atoms. The van der Waals surface area contributed by atoms with E-state index in [2.05, 4.69) is 10.6 Å². The second-order valence-electron chi connectivity index (χ2n) is 4.61. The fraction of sp³-hybridized carbons (Fsp3) is 0.538. The van der Waals surface area contributed by atoms with Crippen LogP contribution in [0.5, 0.6) is 0 Å². The molecule has 5 nitrogen and oxygen atoms in total. The molecular formula is C13H20N2O3S. The highest BCUT2D eigenvalue weighted by atomic mass is 32.1. The molecule has 0 aliphatic carbocycles. The maximum atomic E-state index is 11.7. The highest BCUT2D eigenvalue weighted by Crippen LogP contribution is 2.13. The molecule has 0 fully saturated rings. The van der Waals surface area contributed by atoms with Gasteiger partial charge in [0, 0.05) is 6.54 Å². The van der Waals surface area contributed by atoms with Gasteiger partial charge in [-0.1, -0.05) is 20.3 Å². The Kier molecular flexibility index (Phi) is 5.82. The Morgan fingerprint density at radius 2 is 2.11 bits per heavy atom. The van der Waals surface area contributed by atoms with Crippen molar-refractivity contribution in [3.8, 4) is 0 Å². The Hall–Kier alpha value is -1.56. The number of carbonyl (C=O) groups excluding carboxylic acids is 1. The summed E-state index contributed by atoms with van der Waals surface area (Å²) in [7, 11) is 0. The van der Waals surface area contributed by atoms with Crippen molar-refractivity contribution in [3.05, 3.63) is 21.9 Å². The van der Waals surface area contributed by atoms with Crippen LogP contribution < -0.4 is 10.6 Å². The molecule has 0 radical (unpaired) electrons. The van der Waals surface area contributed by atoms with E-state index in [-0.39, 0.29) is 5.92 Å². The molecule has 0 aliphatic rings. The molecule has 0 aromatic carbocycles. The van der Waals surface area contributed by atoms with Gasteiger partial charge in [-0.05, 0) is 34.7 Å². The summed E-state index contributed by atoms with van der Waals surface area (Å²) in [5, 5.41) is 18.2. The van der Waals surface area contributed by atoms with E-state index in [1.165, 1.54) is 0 Å². The van der Waals surface area contributed by atoms with Gasteiger partial charge in [-0.25, -0.2) is 9.59 Å². The first kappa shape index (κ1) is 15.5. The Bertz CT molecular complexity index is 445. The molecule has 6 heteroatoms. The van der Waals surface area contributed by atoms with E-state index in [0.29, 0.717) is 13.0 Å². The summed E-state index contributed by atoms with van der Waals surface area (Å²) in [5.74, 6) is -1.11. The number of carboxylic acid groups (broad SMARTS) is 1. The van der Waals surface area contributed by atoms with Gasteiger partial charge in [0.05, 0.1) is 0 Å². The number of nitrogens with one attached hydrogen (secondary N) is 2. The van der Waals surface area contributed by atoms with Crippen molar-refractivity contribution >= 4 is 23.3 Å². The van der Waals surface area contributed by atoms with Crippen LogP contribution >= 0.6 is 11.3 Å². The van der Waals surface area contributed by atoms with Gasteiger partial charge in [0.1, 0.15) is 6.04 Å². The standard InChI is InChI=1S/C13H20N2O3S/c1-4-8(2)11(12(16)17)15-13(18)14-5-10-7-19-6-9(10)3/h6-8,11H,4-5H2,1-3H3,(H,16,17)(H2,14,15,18)/t8?,11-/m0/s1. The van der Waals surface area contributed by atoms with E-state index in [4.69, 9.17) is 5.11 Å². The molecule has 1 rings (SSSR count). The third-order valence-corrected chi connectivity index (χ3v) is 4.08. The van der Waals surface area contributed by atoms with E-state index in [1.54, 1.807) is 11.3 Å². The normalized spacial score (nSPS) is 13.6. The third kappa shape index (κ3) is 4.55. The summed E-state index contributed by atoms with van der Waals surface area (Å²) < 4.78 is 0. The largest absolute Gasteiger partial charge is 0.480 e. The highest BCUT2D eigenvalue weighted by molar-refractivity contribution is 7.08. The lowest BCUT2D eigenvalue weighted by molar-refractivity contribution is -0.140. The number of carboxylic acids is 1. The van der Waals surface area contributed by atoms with Crippen LogP contribution in [0.25, 0.3) is 0 Å². The molecule has 0 spiro atoms. The van der Waals surface area contributed by atoms with Crippen molar-refractivity contribution < 1.29 is 14.7 Å². The van der Waals surface area contributed by atoms with Crippen molar-refractivity contribution in [1.29, 1.82) is 0 Å². The summed E-state index contributed by atoms with van der Waals surface area (Å²) in [6.45, 7) is 6.09. The van der Waals surface area contributed by atoms with Gasteiger partial charge in [-0.15, -0.1) is 0 Å². The van der Waals surface area contributed by atoms with Gasteiger partial charge in [-0.3, -0.25) is 0 Å². The SMILES string of the molecule is CCC(C)[C@H](NC(=O)NCc1cscc1C)C(=O)O. The zero-order chi connectivity index (χ0) is 14.4. The summed E-state index contributed by atoms with van der Waals surface area (Å²) in [6.07, 6.45) is 0.695. The molecule has 1 unspecified atom stereocenters. The van der Waals surface area contributed by atoms with Crippen LogP contribution in [0.2, 0.25) is 0 Å². The van der Waals surface area contributed by atoms with E-state index < -0.39 is 18.0 Å². The Morgan fingerprint density at radius 1 is 1.42 bits per heavy atom. The molecule has 2 amide bonds. The van der Waals surface area contributed by atoms with Gasteiger partial charge in [0.2, 0.25) is 0 Å². The Morgan fingerprint density at radius 3 is 2.58 bits per heavy atom. The number of thiophene rings is 1. The zero-order valence-corrected chi connectivity index (χ0v) is 12.2. The fourth-order valence-corrected chi connectivity index (χ4v) is 2.48. The number of hydrogen-bond donors (Lipinski definition) is 3. The number of amides is 2. The number of carbonyl (C=O) groups is 2. The van der Waals surface area contributed by atoms with Gasteiger partial charge in [0.15, 0.2) is 0 Å². The second kappa shape index (κ2) is 7.13. The molecule has 1 aromatic rings. The van der Waals surface area contributed by atoms with Crippen LogP contribution in [-0.2, 0) is 11.3 Å². The van der Waals surface area contributed by atoms with Gasteiger partial charge in [-0.2, -0.15) is 11.3 Å². The molecule has 19 heavy (non-hydrogen) atoms. The van der Waals surface area contributed by atoms with Crippen molar-refractivity contribution in [2.24, 2.45) is 5.92 Å². The van der Waals surface area contributed by atoms with Crippen LogP contribution in [0.4, 0.5) is 4.79 Å². The smallest absolute Gasteiger partial charge is 0.326 e. The topological polar surface area (TPSA) is 78.4 Å². The zero-order valence-electron chi connectivity index (χ0n) is 11.4. The molecular weight excluding hydrogens is 264 g/mol. The quantitative estimate of drug-likeness (QED) is 0.750. The minimum absolute atomic E-state index is 0.105. The molecule has 1 heterocycles. The van der Waals surface area contributed by atoms with Crippen molar-refractivity contribution in [2.75, 3.05) is 0 Å². The highest BCUT2D eigenvalue weighted by Gasteiger charge is 2.25. The monoisotopic (exact) mass is 284 g/mol. The van der Waals surface area contributed by atoms with Crippen molar-refractivity contribution in [3.63, 3.8) is 0 Å². The van der Waals surface area contributed by atoms with E-state index in [1.807, 2.05) is 31.5 Å². The average molecular weight is 284 g/mol. The van der Waals surface area contributed by atoms with E-state index >= 15 is 0 Å². The third-order valence-electron chi connectivity index (χ3n) is 3.17. The molecule has 106 valence electrons. The first-order valence-corrected chi connectivity index (χ1v) is 7.18. The first-order valence-electron chi connectivity index (χ1n) is 6.24.